The molecule has 0 radical (unpaired) electrons. The molecule has 0 aliphatic heterocycles. The van der Waals surface area contributed by atoms with Gasteiger partial charge in [0.05, 0.1) is 18.2 Å². The molecule has 0 amide bonds. The number of hydrogen-bond acceptors (Lipinski definition) is 3. The Morgan fingerprint density at radius 1 is 1.50 bits per heavy atom. The van der Waals surface area contributed by atoms with Gasteiger partial charge in [0.15, 0.2) is 0 Å². The molecule has 0 spiro atoms. The van der Waals surface area contributed by atoms with Crippen molar-refractivity contribution in [1.29, 1.82) is 0 Å². The predicted molar refractivity (Wildman–Crippen MR) is 66.1 cm³/mol. The van der Waals surface area contributed by atoms with Crippen molar-refractivity contribution in [2.75, 3.05) is 13.7 Å². The van der Waals surface area contributed by atoms with Gasteiger partial charge in [0.1, 0.15) is 5.75 Å². The lowest BCUT2D eigenvalue weighted by molar-refractivity contribution is 0.165. The molecular weight excluding hydrogens is 226 g/mol. The molecule has 0 saturated carbocycles. The molecule has 1 aromatic rings. The van der Waals surface area contributed by atoms with E-state index >= 15 is 0 Å². The van der Waals surface area contributed by atoms with Gasteiger partial charge in [-0.1, -0.05) is 24.6 Å². The summed E-state index contributed by atoms with van der Waals surface area (Å²) in [5.74, 6) is 0.888. The van der Waals surface area contributed by atoms with E-state index in [-0.39, 0.29) is 12.5 Å². The van der Waals surface area contributed by atoms with Crippen molar-refractivity contribution in [2.45, 2.75) is 25.4 Å². The SMILES string of the molecule is COc1ccc(C(C)CC(O)CN)cc1Cl. The molecule has 0 saturated heterocycles. The summed E-state index contributed by atoms with van der Waals surface area (Å²) in [7, 11) is 1.59. The molecule has 2 atom stereocenters. The van der Waals surface area contributed by atoms with E-state index in [1.54, 1.807) is 7.11 Å². The van der Waals surface area contributed by atoms with Crippen molar-refractivity contribution in [2.24, 2.45) is 5.73 Å². The van der Waals surface area contributed by atoms with Gasteiger partial charge in [-0.05, 0) is 30.0 Å². The van der Waals surface area contributed by atoms with Gasteiger partial charge in [0.25, 0.3) is 0 Å². The molecule has 90 valence electrons. The third kappa shape index (κ3) is 3.37. The van der Waals surface area contributed by atoms with Gasteiger partial charge in [0, 0.05) is 6.54 Å². The molecule has 0 fully saturated rings. The van der Waals surface area contributed by atoms with E-state index in [9.17, 15) is 5.11 Å². The molecule has 0 aliphatic carbocycles. The zero-order valence-corrected chi connectivity index (χ0v) is 10.4. The lowest BCUT2D eigenvalue weighted by Crippen LogP contribution is -2.21. The van der Waals surface area contributed by atoms with Crippen LogP contribution in [0.2, 0.25) is 5.02 Å². The molecule has 0 aromatic heterocycles. The van der Waals surface area contributed by atoms with E-state index in [1.807, 2.05) is 25.1 Å². The van der Waals surface area contributed by atoms with Gasteiger partial charge in [-0.2, -0.15) is 0 Å². The average molecular weight is 244 g/mol. The van der Waals surface area contributed by atoms with E-state index in [4.69, 9.17) is 22.1 Å². The maximum Gasteiger partial charge on any atom is 0.137 e. The summed E-state index contributed by atoms with van der Waals surface area (Å²) in [6.45, 7) is 2.32. The molecule has 0 bridgehead atoms. The highest BCUT2D eigenvalue weighted by atomic mass is 35.5. The summed E-state index contributed by atoms with van der Waals surface area (Å²) in [6, 6.07) is 5.66. The van der Waals surface area contributed by atoms with Crippen LogP contribution < -0.4 is 10.5 Å². The Kier molecular flexibility index (Phi) is 5.06. The maximum atomic E-state index is 9.48. The first-order valence-electron chi connectivity index (χ1n) is 5.30. The molecule has 2 unspecified atom stereocenters. The first-order chi connectivity index (χ1) is 7.58. The standard InChI is InChI=1S/C12H18ClNO2/c1-8(5-10(15)7-14)9-3-4-12(16-2)11(13)6-9/h3-4,6,8,10,15H,5,7,14H2,1-2H3. The number of methoxy groups -OCH3 is 1. The second-order valence-electron chi connectivity index (χ2n) is 3.92. The van der Waals surface area contributed by atoms with Crippen LogP contribution in [0.3, 0.4) is 0 Å². The van der Waals surface area contributed by atoms with Gasteiger partial charge in [-0.25, -0.2) is 0 Å². The topological polar surface area (TPSA) is 55.5 Å². The Balaban J connectivity index is 2.76. The summed E-state index contributed by atoms with van der Waals surface area (Å²) in [5.41, 5.74) is 6.46. The smallest absolute Gasteiger partial charge is 0.137 e. The fraction of sp³-hybridized carbons (Fsp3) is 0.500. The van der Waals surface area contributed by atoms with Crippen LogP contribution in [0.1, 0.15) is 24.8 Å². The van der Waals surface area contributed by atoms with Crippen molar-refractivity contribution in [3.05, 3.63) is 28.8 Å². The second-order valence-corrected chi connectivity index (χ2v) is 4.33. The van der Waals surface area contributed by atoms with Crippen LogP contribution in [0, 0.1) is 0 Å². The number of halogens is 1. The zero-order chi connectivity index (χ0) is 12.1. The molecule has 0 heterocycles. The summed E-state index contributed by atoms with van der Waals surface area (Å²) in [4.78, 5) is 0. The van der Waals surface area contributed by atoms with Gasteiger partial charge in [-0.3, -0.25) is 0 Å². The van der Waals surface area contributed by atoms with Crippen LogP contribution >= 0.6 is 11.6 Å². The second kappa shape index (κ2) is 6.09. The van der Waals surface area contributed by atoms with E-state index in [0.717, 1.165) is 5.56 Å². The minimum absolute atomic E-state index is 0.224. The quantitative estimate of drug-likeness (QED) is 0.833. The van der Waals surface area contributed by atoms with E-state index in [0.29, 0.717) is 17.2 Å². The lowest BCUT2D eigenvalue weighted by Gasteiger charge is -2.16. The van der Waals surface area contributed by atoms with Crippen molar-refractivity contribution in [3.8, 4) is 5.75 Å². The molecule has 3 nitrogen and oxygen atoms in total. The Morgan fingerprint density at radius 2 is 2.19 bits per heavy atom. The predicted octanol–water partition coefficient (Wildman–Crippen LogP) is 2.16. The van der Waals surface area contributed by atoms with Gasteiger partial charge in [-0.15, -0.1) is 0 Å². The van der Waals surface area contributed by atoms with Crippen LogP contribution in [0.5, 0.6) is 5.75 Å². The minimum Gasteiger partial charge on any atom is -0.495 e. The molecule has 1 rings (SSSR count). The average Bonchev–Trinajstić information content (AvgIpc) is 2.28. The van der Waals surface area contributed by atoms with Gasteiger partial charge >= 0.3 is 0 Å². The van der Waals surface area contributed by atoms with Gasteiger partial charge < -0.3 is 15.6 Å². The van der Waals surface area contributed by atoms with Crippen LogP contribution in [0.25, 0.3) is 0 Å². The fourth-order valence-electron chi connectivity index (χ4n) is 1.63. The number of ether oxygens (including phenoxy) is 1. The highest BCUT2D eigenvalue weighted by Crippen LogP contribution is 2.29. The van der Waals surface area contributed by atoms with Crippen molar-refractivity contribution < 1.29 is 9.84 Å². The molecule has 4 heteroatoms. The van der Waals surface area contributed by atoms with Crippen LogP contribution in [0.4, 0.5) is 0 Å². The Labute approximate surface area is 101 Å². The molecule has 3 N–H and O–H groups in total. The van der Waals surface area contributed by atoms with Gasteiger partial charge in [0.2, 0.25) is 0 Å². The normalized spacial score (nSPS) is 14.6. The van der Waals surface area contributed by atoms with Crippen LogP contribution in [-0.2, 0) is 0 Å². The van der Waals surface area contributed by atoms with Crippen molar-refractivity contribution in [3.63, 3.8) is 0 Å². The molecule has 0 aliphatic rings. The van der Waals surface area contributed by atoms with E-state index in [1.165, 1.54) is 0 Å². The number of aliphatic hydroxyl groups is 1. The number of hydrogen-bond donors (Lipinski definition) is 2. The number of aliphatic hydroxyl groups excluding tert-OH is 1. The number of benzene rings is 1. The van der Waals surface area contributed by atoms with Crippen LogP contribution in [0.15, 0.2) is 18.2 Å². The van der Waals surface area contributed by atoms with E-state index < -0.39 is 6.10 Å². The monoisotopic (exact) mass is 243 g/mol. The third-order valence-electron chi connectivity index (χ3n) is 2.64. The maximum absolute atomic E-state index is 9.48. The van der Waals surface area contributed by atoms with Crippen molar-refractivity contribution >= 4 is 11.6 Å². The summed E-state index contributed by atoms with van der Waals surface area (Å²) in [5, 5.41) is 10.1. The highest BCUT2D eigenvalue weighted by molar-refractivity contribution is 6.32. The molecule has 1 aromatic carbocycles. The van der Waals surface area contributed by atoms with Crippen molar-refractivity contribution in [1.82, 2.24) is 0 Å². The molecule has 16 heavy (non-hydrogen) atoms. The first kappa shape index (κ1) is 13.3. The largest absolute Gasteiger partial charge is 0.495 e. The molecular formula is C12H18ClNO2. The fourth-order valence-corrected chi connectivity index (χ4v) is 1.90. The summed E-state index contributed by atoms with van der Waals surface area (Å²) >= 11 is 6.03. The summed E-state index contributed by atoms with van der Waals surface area (Å²) < 4.78 is 5.08. The Bertz CT molecular complexity index is 344. The minimum atomic E-state index is -0.462. The number of rotatable bonds is 5. The van der Waals surface area contributed by atoms with E-state index in [2.05, 4.69) is 0 Å². The Hall–Kier alpha value is -0.770. The zero-order valence-electron chi connectivity index (χ0n) is 9.61. The van der Waals surface area contributed by atoms with Crippen LogP contribution in [-0.4, -0.2) is 24.9 Å². The number of nitrogens with two attached hydrogens (primary N) is 1. The summed E-state index contributed by atoms with van der Waals surface area (Å²) in [6.07, 6.45) is 0.176. The third-order valence-corrected chi connectivity index (χ3v) is 2.94. The first-order valence-corrected chi connectivity index (χ1v) is 5.67. The Morgan fingerprint density at radius 3 is 2.69 bits per heavy atom. The highest BCUT2D eigenvalue weighted by Gasteiger charge is 2.12. The lowest BCUT2D eigenvalue weighted by atomic mass is 9.95.